The zero-order valence-electron chi connectivity index (χ0n) is 13.0. The second-order valence-electron chi connectivity index (χ2n) is 5.01. The normalized spacial score (nSPS) is 10.7. The van der Waals surface area contributed by atoms with Gasteiger partial charge in [0.2, 0.25) is 5.82 Å². The number of hydrogen-bond donors (Lipinski definition) is 1. The predicted molar refractivity (Wildman–Crippen MR) is 93.3 cm³/mol. The largest absolute Gasteiger partial charge is 0.491 e. The second-order valence-corrected chi connectivity index (χ2v) is 5.82. The van der Waals surface area contributed by atoms with Crippen LogP contribution in [0, 0.1) is 0 Å². The molecule has 25 heavy (non-hydrogen) atoms. The molecular weight excluding hydrogens is 367 g/mol. The van der Waals surface area contributed by atoms with Crippen molar-refractivity contribution in [1.82, 2.24) is 10.1 Å². The number of benzene rings is 2. The third-order valence-corrected chi connectivity index (χ3v) is 3.91. The molecule has 0 aliphatic rings. The lowest BCUT2D eigenvalue weighted by Crippen LogP contribution is -1.95. The summed E-state index contributed by atoms with van der Waals surface area (Å²) in [5, 5.41) is 13.5. The fourth-order valence-electron chi connectivity index (χ4n) is 2.18. The Hall–Kier alpha value is -2.57. The van der Waals surface area contributed by atoms with Crippen LogP contribution in [-0.2, 0) is 0 Å². The molecule has 0 unspecified atom stereocenters. The predicted octanol–water partition coefficient (Wildman–Crippen LogP) is 4.81. The fraction of sp³-hybridized carbons (Fsp3) is 0.118. The van der Waals surface area contributed by atoms with Crippen molar-refractivity contribution < 1.29 is 19.2 Å². The third-order valence-electron chi connectivity index (χ3n) is 3.35. The Balaban J connectivity index is 1.92. The fourth-order valence-corrected chi connectivity index (χ4v) is 2.78. The minimum atomic E-state index is -1.00. The number of halogens is 2. The molecule has 8 heteroatoms. The van der Waals surface area contributed by atoms with Gasteiger partial charge >= 0.3 is 5.97 Å². The summed E-state index contributed by atoms with van der Waals surface area (Å²) in [6.45, 7) is 2.28. The number of hydrogen-bond acceptors (Lipinski definition) is 5. The first-order valence-corrected chi connectivity index (χ1v) is 8.05. The van der Waals surface area contributed by atoms with Gasteiger partial charge in [-0.3, -0.25) is 0 Å². The van der Waals surface area contributed by atoms with E-state index in [0.717, 1.165) is 0 Å². The Morgan fingerprint density at radius 1 is 1.16 bits per heavy atom. The topological polar surface area (TPSA) is 85.5 Å². The molecule has 0 amide bonds. The summed E-state index contributed by atoms with van der Waals surface area (Å²) in [6.07, 6.45) is 0. The van der Waals surface area contributed by atoms with Gasteiger partial charge in [0.05, 0.1) is 22.2 Å². The number of rotatable bonds is 5. The molecule has 1 aromatic heterocycles. The Labute approximate surface area is 153 Å². The van der Waals surface area contributed by atoms with Gasteiger partial charge in [0.15, 0.2) is 5.75 Å². The SMILES string of the molecule is CCOc1c(Cl)cc(-c2noc(-c3ccc(C(=O)O)cc3)n2)cc1Cl. The van der Waals surface area contributed by atoms with Crippen LogP contribution in [0.5, 0.6) is 5.75 Å². The van der Waals surface area contributed by atoms with Crippen LogP contribution in [0.2, 0.25) is 10.0 Å². The number of carboxylic acid groups (broad SMARTS) is 1. The summed E-state index contributed by atoms with van der Waals surface area (Å²) >= 11 is 12.4. The van der Waals surface area contributed by atoms with Gasteiger partial charge in [0.25, 0.3) is 5.89 Å². The number of carboxylic acids is 1. The van der Waals surface area contributed by atoms with Crippen molar-refractivity contribution in [1.29, 1.82) is 0 Å². The first-order chi connectivity index (χ1) is 12.0. The molecule has 0 aliphatic heterocycles. The Morgan fingerprint density at radius 2 is 1.80 bits per heavy atom. The highest BCUT2D eigenvalue weighted by Crippen LogP contribution is 2.37. The summed E-state index contributed by atoms with van der Waals surface area (Å²) < 4.78 is 10.6. The minimum absolute atomic E-state index is 0.175. The number of carbonyl (C=O) groups is 1. The van der Waals surface area contributed by atoms with Crippen LogP contribution >= 0.6 is 23.2 Å². The lowest BCUT2D eigenvalue weighted by atomic mass is 10.1. The lowest BCUT2D eigenvalue weighted by Gasteiger charge is -2.08. The van der Waals surface area contributed by atoms with Crippen molar-refractivity contribution in [3.05, 3.63) is 52.0 Å². The molecule has 0 spiro atoms. The molecule has 0 saturated carbocycles. The number of aromatic nitrogens is 2. The van der Waals surface area contributed by atoms with Crippen LogP contribution in [-0.4, -0.2) is 27.8 Å². The molecule has 0 saturated heterocycles. The molecule has 0 atom stereocenters. The van der Waals surface area contributed by atoms with E-state index in [1.165, 1.54) is 12.1 Å². The zero-order chi connectivity index (χ0) is 18.0. The van der Waals surface area contributed by atoms with Gasteiger partial charge < -0.3 is 14.4 Å². The molecule has 128 valence electrons. The average Bonchev–Trinajstić information content (AvgIpc) is 3.08. The van der Waals surface area contributed by atoms with Crippen molar-refractivity contribution in [3.63, 3.8) is 0 Å². The van der Waals surface area contributed by atoms with Crippen LogP contribution in [0.1, 0.15) is 17.3 Å². The Morgan fingerprint density at radius 3 is 2.36 bits per heavy atom. The van der Waals surface area contributed by atoms with Crippen LogP contribution in [0.3, 0.4) is 0 Å². The Kier molecular flexibility index (Phi) is 4.92. The number of ether oxygens (including phenoxy) is 1. The maximum atomic E-state index is 10.9. The molecule has 0 fully saturated rings. The molecular formula is C17H12Cl2N2O4. The van der Waals surface area contributed by atoms with Crippen LogP contribution in [0.25, 0.3) is 22.8 Å². The summed E-state index contributed by atoms with van der Waals surface area (Å²) in [7, 11) is 0. The minimum Gasteiger partial charge on any atom is -0.491 e. The summed E-state index contributed by atoms with van der Waals surface area (Å²) in [5.41, 5.74) is 1.36. The highest BCUT2D eigenvalue weighted by Gasteiger charge is 2.15. The Bertz CT molecular complexity index is 900. The quantitative estimate of drug-likeness (QED) is 0.685. The van der Waals surface area contributed by atoms with E-state index in [2.05, 4.69) is 10.1 Å². The molecule has 0 radical (unpaired) electrons. The zero-order valence-corrected chi connectivity index (χ0v) is 14.5. The smallest absolute Gasteiger partial charge is 0.335 e. The maximum absolute atomic E-state index is 10.9. The van der Waals surface area contributed by atoms with E-state index in [-0.39, 0.29) is 11.5 Å². The second kappa shape index (κ2) is 7.13. The van der Waals surface area contributed by atoms with Crippen molar-refractivity contribution >= 4 is 29.2 Å². The van der Waals surface area contributed by atoms with E-state index in [0.29, 0.717) is 39.4 Å². The number of aromatic carboxylic acids is 1. The van der Waals surface area contributed by atoms with Gasteiger partial charge in [-0.15, -0.1) is 0 Å². The maximum Gasteiger partial charge on any atom is 0.335 e. The number of nitrogens with zero attached hydrogens (tertiary/aromatic N) is 2. The highest BCUT2D eigenvalue weighted by atomic mass is 35.5. The highest BCUT2D eigenvalue weighted by molar-refractivity contribution is 6.37. The van der Waals surface area contributed by atoms with Gasteiger partial charge in [-0.1, -0.05) is 28.4 Å². The molecule has 3 aromatic rings. The summed E-state index contributed by atoms with van der Waals surface area (Å²) in [5.74, 6) is -0.0313. The van der Waals surface area contributed by atoms with E-state index in [1.54, 1.807) is 24.3 Å². The first kappa shape index (κ1) is 17.3. The van der Waals surface area contributed by atoms with E-state index in [9.17, 15) is 4.79 Å². The average molecular weight is 379 g/mol. The molecule has 6 nitrogen and oxygen atoms in total. The monoisotopic (exact) mass is 378 g/mol. The molecule has 1 N–H and O–H groups in total. The molecule has 1 heterocycles. The van der Waals surface area contributed by atoms with Crippen LogP contribution < -0.4 is 4.74 Å². The summed E-state index contributed by atoms with van der Waals surface area (Å²) in [4.78, 5) is 15.2. The summed E-state index contributed by atoms with van der Waals surface area (Å²) in [6, 6.07) is 9.40. The van der Waals surface area contributed by atoms with Crippen molar-refractivity contribution in [2.75, 3.05) is 6.61 Å². The standard InChI is InChI=1S/C17H12Cl2N2O4/c1-2-24-14-12(18)7-11(8-13(14)19)15-20-16(25-21-15)9-3-5-10(6-4-9)17(22)23/h3-8H,2H2,1H3,(H,22,23). The van der Waals surface area contributed by atoms with Gasteiger partial charge in [-0.25, -0.2) is 4.79 Å². The van der Waals surface area contributed by atoms with Crippen LogP contribution in [0.4, 0.5) is 0 Å². The van der Waals surface area contributed by atoms with Crippen molar-refractivity contribution in [2.45, 2.75) is 6.92 Å². The van der Waals surface area contributed by atoms with Crippen molar-refractivity contribution in [2.24, 2.45) is 0 Å². The van der Waals surface area contributed by atoms with Gasteiger partial charge in [-0.2, -0.15) is 4.98 Å². The van der Waals surface area contributed by atoms with Gasteiger partial charge in [0, 0.05) is 11.1 Å². The third kappa shape index (κ3) is 3.60. The van der Waals surface area contributed by atoms with Crippen LogP contribution in [0.15, 0.2) is 40.9 Å². The molecule has 2 aromatic carbocycles. The molecule has 0 aliphatic carbocycles. The first-order valence-electron chi connectivity index (χ1n) is 7.29. The van der Waals surface area contributed by atoms with Gasteiger partial charge in [0.1, 0.15) is 0 Å². The molecule has 0 bridgehead atoms. The van der Waals surface area contributed by atoms with Gasteiger partial charge in [-0.05, 0) is 43.3 Å². The van der Waals surface area contributed by atoms with E-state index in [1.807, 2.05) is 6.92 Å². The van der Waals surface area contributed by atoms with E-state index >= 15 is 0 Å². The lowest BCUT2D eigenvalue weighted by molar-refractivity contribution is 0.0697. The molecule has 3 rings (SSSR count). The van der Waals surface area contributed by atoms with E-state index < -0.39 is 5.97 Å². The van der Waals surface area contributed by atoms with Crippen molar-refractivity contribution in [3.8, 4) is 28.6 Å². The van der Waals surface area contributed by atoms with E-state index in [4.69, 9.17) is 37.6 Å².